The first-order valence-electron chi connectivity index (χ1n) is 5.09. The average molecular weight is 255 g/mol. The highest BCUT2D eigenvalue weighted by atomic mass is 32.2. The lowest BCUT2D eigenvalue weighted by Gasteiger charge is -2.04. The Morgan fingerprint density at radius 2 is 2.24 bits per heavy atom. The van der Waals surface area contributed by atoms with Crippen molar-refractivity contribution in [2.45, 2.75) is 6.42 Å². The van der Waals surface area contributed by atoms with Crippen molar-refractivity contribution in [3.63, 3.8) is 0 Å². The summed E-state index contributed by atoms with van der Waals surface area (Å²) in [6.45, 7) is 0.508. The maximum absolute atomic E-state index is 10.7. The number of anilines is 1. The molecule has 0 amide bonds. The van der Waals surface area contributed by atoms with Crippen LogP contribution in [0.4, 0.5) is 5.82 Å². The predicted molar refractivity (Wildman–Crippen MR) is 64.1 cm³/mol. The number of hydrogen-bond acceptors (Lipinski definition) is 5. The van der Waals surface area contributed by atoms with Crippen LogP contribution in [-0.4, -0.2) is 35.3 Å². The van der Waals surface area contributed by atoms with E-state index in [9.17, 15) is 8.42 Å². The summed E-state index contributed by atoms with van der Waals surface area (Å²) in [5.74, 6) is 0.655. The molecular weight excluding hydrogens is 242 g/mol. The van der Waals surface area contributed by atoms with E-state index >= 15 is 0 Å². The molecule has 0 fully saturated rings. The lowest BCUT2D eigenvalue weighted by atomic mass is 10.4. The van der Waals surface area contributed by atoms with E-state index in [-0.39, 0.29) is 5.75 Å². The molecule has 92 valence electrons. The zero-order chi connectivity index (χ0) is 12.3. The SMILES string of the molecule is NS(=O)(=O)CCCNc1ccn2nccc2n1. The van der Waals surface area contributed by atoms with E-state index in [0.717, 1.165) is 5.65 Å². The molecule has 0 aliphatic carbocycles. The Bertz CT molecular complexity index is 607. The molecule has 0 saturated carbocycles. The fourth-order valence-electron chi connectivity index (χ4n) is 1.40. The van der Waals surface area contributed by atoms with Gasteiger partial charge < -0.3 is 5.32 Å². The summed E-state index contributed by atoms with van der Waals surface area (Å²) < 4.78 is 23.1. The van der Waals surface area contributed by atoms with Crippen LogP contribution in [0.15, 0.2) is 24.5 Å². The molecule has 0 saturated heterocycles. The highest BCUT2D eigenvalue weighted by molar-refractivity contribution is 7.89. The van der Waals surface area contributed by atoms with E-state index in [1.807, 2.05) is 0 Å². The van der Waals surface area contributed by atoms with Crippen molar-refractivity contribution in [3.05, 3.63) is 24.5 Å². The van der Waals surface area contributed by atoms with E-state index in [2.05, 4.69) is 15.4 Å². The predicted octanol–water partition coefficient (Wildman–Crippen LogP) is -0.180. The monoisotopic (exact) mass is 255 g/mol. The van der Waals surface area contributed by atoms with Gasteiger partial charge >= 0.3 is 0 Å². The van der Waals surface area contributed by atoms with Crippen LogP contribution in [0.3, 0.4) is 0 Å². The molecule has 0 bridgehead atoms. The van der Waals surface area contributed by atoms with Crippen molar-refractivity contribution in [2.75, 3.05) is 17.6 Å². The number of aromatic nitrogens is 3. The van der Waals surface area contributed by atoms with Crippen molar-refractivity contribution < 1.29 is 8.42 Å². The van der Waals surface area contributed by atoms with Crippen molar-refractivity contribution in [1.82, 2.24) is 14.6 Å². The van der Waals surface area contributed by atoms with Gasteiger partial charge in [-0.2, -0.15) is 5.10 Å². The van der Waals surface area contributed by atoms with Crippen LogP contribution < -0.4 is 10.5 Å². The number of rotatable bonds is 5. The minimum absolute atomic E-state index is 0.0328. The lowest BCUT2D eigenvalue weighted by Crippen LogP contribution is -2.18. The molecule has 8 heteroatoms. The van der Waals surface area contributed by atoms with Crippen LogP contribution in [0.5, 0.6) is 0 Å². The van der Waals surface area contributed by atoms with E-state index < -0.39 is 10.0 Å². The van der Waals surface area contributed by atoms with Gasteiger partial charge in [-0.15, -0.1) is 0 Å². The summed E-state index contributed by atoms with van der Waals surface area (Å²) in [6.07, 6.45) is 3.89. The van der Waals surface area contributed by atoms with E-state index in [4.69, 9.17) is 5.14 Å². The van der Waals surface area contributed by atoms with Gasteiger partial charge in [0.05, 0.1) is 11.9 Å². The Hall–Kier alpha value is -1.67. The number of nitrogens with two attached hydrogens (primary N) is 1. The Morgan fingerprint density at radius 1 is 1.41 bits per heavy atom. The summed E-state index contributed by atoms with van der Waals surface area (Å²) >= 11 is 0. The van der Waals surface area contributed by atoms with E-state index in [0.29, 0.717) is 18.8 Å². The summed E-state index contributed by atoms with van der Waals surface area (Å²) in [5.41, 5.74) is 0.737. The highest BCUT2D eigenvalue weighted by Crippen LogP contribution is 2.05. The molecule has 2 aromatic heterocycles. The average Bonchev–Trinajstić information content (AvgIpc) is 2.70. The number of nitrogens with one attached hydrogen (secondary N) is 1. The van der Waals surface area contributed by atoms with Gasteiger partial charge in [-0.25, -0.2) is 23.1 Å². The summed E-state index contributed by atoms with van der Waals surface area (Å²) in [7, 11) is -3.38. The van der Waals surface area contributed by atoms with Gasteiger partial charge in [-0.1, -0.05) is 0 Å². The highest BCUT2D eigenvalue weighted by Gasteiger charge is 2.02. The molecule has 0 radical (unpaired) electrons. The van der Waals surface area contributed by atoms with Gasteiger partial charge in [0.1, 0.15) is 5.82 Å². The van der Waals surface area contributed by atoms with Gasteiger partial charge in [0.15, 0.2) is 5.65 Å². The summed E-state index contributed by atoms with van der Waals surface area (Å²) in [4.78, 5) is 4.28. The van der Waals surface area contributed by atoms with E-state index in [1.165, 1.54) is 0 Å². The first kappa shape index (κ1) is 11.8. The molecule has 2 heterocycles. The van der Waals surface area contributed by atoms with Gasteiger partial charge in [-0.05, 0) is 12.5 Å². The second-order valence-electron chi connectivity index (χ2n) is 3.59. The normalized spacial score (nSPS) is 11.8. The second-order valence-corrected chi connectivity index (χ2v) is 5.33. The van der Waals surface area contributed by atoms with Crippen LogP contribution in [0.2, 0.25) is 0 Å². The Labute approximate surface area is 98.7 Å². The molecule has 0 atom stereocenters. The number of hydrogen-bond donors (Lipinski definition) is 2. The first-order valence-corrected chi connectivity index (χ1v) is 6.81. The van der Waals surface area contributed by atoms with Gasteiger partial charge in [-0.3, -0.25) is 0 Å². The molecule has 0 aliphatic rings. The van der Waals surface area contributed by atoms with Gasteiger partial charge in [0, 0.05) is 18.8 Å². The molecule has 2 aromatic rings. The minimum atomic E-state index is -3.38. The standard InChI is InChI=1S/C9H13N5O2S/c10-17(15,16)7-1-4-11-8-3-6-14-9(13-8)2-5-12-14/h2-3,5-6H,1,4,7H2,(H,11,13)(H2,10,15,16). The van der Waals surface area contributed by atoms with Crippen molar-refractivity contribution in [1.29, 1.82) is 0 Å². The minimum Gasteiger partial charge on any atom is -0.370 e. The Morgan fingerprint density at radius 3 is 3.00 bits per heavy atom. The summed E-state index contributed by atoms with van der Waals surface area (Å²) in [6, 6.07) is 3.56. The number of fused-ring (bicyclic) bond motifs is 1. The third-order valence-corrected chi connectivity index (χ3v) is 3.03. The molecule has 3 N–H and O–H groups in total. The Kier molecular flexibility index (Phi) is 3.25. The molecule has 0 aliphatic heterocycles. The number of primary sulfonamides is 1. The topological polar surface area (TPSA) is 102 Å². The van der Waals surface area contributed by atoms with E-state index in [1.54, 1.807) is 29.0 Å². The smallest absolute Gasteiger partial charge is 0.209 e. The quantitative estimate of drug-likeness (QED) is 0.721. The fraction of sp³-hybridized carbons (Fsp3) is 0.333. The van der Waals surface area contributed by atoms with Gasteiger partial charge in [0.2, 0.25) is 10.0 Å². The van der Waals surface area contributed by atoms with Crippen molar-refractivity contribution >= 4 is 21.5 Å². The Balaban J connectivity index is 1.90. The van der Waals surface area contributed by atoms with Crippen LogP contribution >= 0.6 is 0 Å². The zero-order valence-corrected chi connectivity index (χ0v) is 9.89. The summed E-state index contributed by atoms with van der Waals surface area (Å²) in [5, 5.41) is 11.9. The van der Waals surface area contributed by atoms with Crippen LogP contribution in [-0.2, 0) is 10.0 Å². The lowest BCUT2D eigenvalue weighted by molar-refractivity contribution is 0.595. The maximum atomic E-state index is 10.7. The molecule has 0 unspecified atom stereocenters. The third kappa shape index (κ3) is 3.40. The van der Waals surface area contributed by atoms with Crippen LogP contribution in [0, 0.1) is 0 Å². The number of sulfonamides is 1. The largest absolute Gasteiger partial charge is 0.370 e. The molecule has 7 nitrogen and oxygen atoms in total. The molecule has 0 spiro atoms. The van der Waals surface area contributed by atoms with Crippen LogP contribution in [0.25, 0.3) is 5.65 Å². The first-order chi connectivity index (χ1) is 8.04. The van der Waals surface area contributed by atoms with Gasteiger partial charge in [0.25, 0.3) is 0 Å². The van der Waals surface area contributed by atoms with Crippen molar-refractivity contribution in [2.24, 2.45) is 5.14 Å². The molecule has 17 heavy (non-hydrogen) atoms. The van der Waals surface area contributed by atoms with Crippen LogP contribution in [0.1, 0.15) is 6.42 Å². The second kappa shape index (κ2) is 4.68. The molecular formula is C9H13N5O2S. The zero-order valence-electron chi connectivity index (χ0n) is 9.07. The maximum Gasteiger partial charge on any atom is 0.209 e. The number of nitrogens with zero attached hydrogens (tertiary/aromatic N) is 3. The fourth-order valence-corrected chi connectivity index (χ4v) is 1.95. The van der Waals surface area contributed by atoms with Crippen molar-refractivity contribution in [3.8, 4) is 0 Å². The molecule has 0 aromatic carbocycles. The third-order valence-electron chi connectivity index (χ3n) is 2.17. The molecule has 2 rings (SSSR count).